The highest BCUT2D eigenvalue weighted by molar-refractivity contribution is 8.18. The first-order valence-electron chi connectivity index (χ1n) is 9.04. The summed E-state index contributed by atoms with van der Waals surface area (Å²) in [4.78, 5) is 38.9. The molecule has 2 aromatic carbocycles. The number of amides is 3. The van der Waals surface area contributed by atoms with Crippen molar-refractivity contribution in [1.29, 1.82) is 0 Å². The zero-order valence-corrected chi connectivity index (χ0v) is 16.7. The van der Waals surface area contributed by atoms with Crippen molar-refractivity contribution in [3.63, 3.8) is 0 Å². The molecule has 1 saturated heterocycles. The van der Waals surface area contributed by atoms with Gasteiger partial charge in [-0.15, -0.1) is 0 Å². The molecule has 1 heterocycles. The van der Waals surface area contributed by atoms with E-state index in [1.54, 1.807) is 6.08 Å². The molecule has 0 spiro atoms. The summed E-state index contributed by atoms with van der Waals surface area (Å²) in [5, 5.41) is 2.52. The van der Waals surface area contributed by atoms with Crippen molar-refractivity contribution in [3.05, 3.63) is 76.7 Å². The second-order valence-corrected chi connectivity index (χ2v) is 7.98. The lowest BCUT2D eigenvalue weighted by molar-refractivity contribution is -0.126. The van der Waals surface area contributed by atoms with Gasteiger partial charge >= 0.3 is 0 Å². The second kappa shape index (κ2) is 8.44. The van der Waals surface area contributed by atoms with Crippen LogP contribution in [0.15, 0.2) is 65.6 Å². The van der Waals surface area contributed by atoms with Crippen LogP contribution >= 0.6 is 11.8 Å². The fourth-order valence-electron chi connectivity index (χ4n) is 2.88. The minimum absolute atomic E-state index is 0.146. The third-order valence-electron chi connectivity index (χ3n) is 4.66. The smallest absolute Gasteiger partial charge is 0.293 e. The van der Waals surface area contributed by atoms with Gasteiger partial charge in [0.25, 0.3) is 11.1 Å². The third kappa shape index (κ3) is 4.34. The average molecular weight is 394 g/mol. The van der Waals surface area contributed by atoms with Crippen LogP contribution in [0.2, 0.25) is 0 Å². The lowest BCUT2D eigenvalue weighted by Gasteiger charge is -2.24. The lowest BCUT2D eigenvalue weighted by Crippen LogP contribution is -2.44. The van der Waals surface area contributed by atoms with Crippen molar-refractivity contribution >= 4 is 34.9 Å². The van der Waals surface area contributed by atoms with E-state index in [1.165, 1.54) is 4.90 Å². The Hall–Kier alpha value is -2.86. The Kier molecular flexibility index (Phi) is 5.99. The molecule has 1 aliphatic rings. The quantitative estimate of drug-likeness (QED) is 0.757. The lowest BCUT2D eigenvalue weighted by atomic mass is 9.84. The molecule has 2 aromatic rings. The highest BCUT2D eigenvalue weighted by Crippen LogP contribution is 2.31. The Morgan fingerprint density at radius 3 is 2.29 bits per heavy atom. The second-order valence-electron chi connectivity index (χ2n) is 6.99. The molecule has 0 radical (unpaired) electrons. The molecular weight excluding hydrogens is 372 g/mol. The molecule has 0 unspecified atom stereocenters. The van der Waals surface area contributed by atoms with Crippen molar-refractivity contribution in [2.75, 3.05) is 13.1 Å². The molecule has 5 nitrogen and oxygen atoms in total. The van der Waals surface area contributed by atoms with E-state index in [1.807, 2.05) is 74.5 Å². The zero-order valence-electron chi connectivity index (χ0n) is 15.8. The number of carbonyl (C=O) groups is 3. The predicted molar refractivity (Wildman–Crippen MR) is 112 cm³/mol. The molecule has 0 aromatic heterocycles. The molecular formula is C22H22N2O3S. The Balaban J connectivity index is 1.59. The number of nitrogens with one attached hydrogen (secondary N) is 1. The van der Waals surface area contributed by atoms with Crippen LogP contribution in [-0.4, -0.2) is 35.0 Å². The van der Waals surface area contributed by atoms with Crippen LogP contribution in [0.3, 0.4) is 0 Å². The van der Waals surface area contributed by atoms with E-state index in [0.717, 1.165) is 22.9 Å². The standard InChI is InChI=1S/C22H22N2O3S/c1-22(2,17-11-7-4-8-12-17)20(26)23-13-14-24-19(25)18(28-21(24)27)15-16-9-5-3-6-10-16/h3-12,15H,13-14H2,1-2H3,(H,23,26). The van der Waals surface area contributed by atoms with E-state index in [9.17, 15) is 14.4 Å². The molecule has 1 aliphatic heterocycles. The van der Waals surface area contributed by atoms with E-state index in [2.05, 4.69) is 5.32 Å². The summed E-state index contributed by atoms with van der Waals surface area (Å²) in [7, 11) is 0. The molecule has 1 N–H and O–H groups in total. The van der Waals surface area contributed by atoms with Crippen LogP contribution in [0.25, 0.3) is 6.08 Å². The first kappa shape index (κ1) is 19.9. The maximum Gasteiger partial charge on any atom is 0.293 e. The summed E-state index contributed by atoms with van der Waals surface area (Å²) in [6.07, 6.45) is 1.71. The molecule has 0 aliphatic carbocycles. The highest BCUT2D eigenvalue weighted by atomic mass is 32.2. The maximum absolute atomic E-state index is 12.6. The summed E-state index contributed by atoms with van der Waals surface area (Å²) in [5.74, 6) is -0.471. The SMILES string of the molecule is CC(C)(C(=O)NCCN1C(=O)SC(=Cc2ccccc2)C1=O)c1ccccc1. The number of hydrogen-bond donors (Lipinski definition) is 1. The van der Waals surface area contributed by atoms with Crippen molar-refractivity contribution in [2.45, 2.75) is 19.3 Å². The van der Waals surface area contributed by atoms with Crippen molar-refractivity contribution in [2.24, 2.45) is 0 Å². The van der Waals surface area contributed by atoms with Gasteiger partial charge in [-0.2, -0.15) is 0 Å². The first-order valence-corrected chi connectivity index (χ1v) is 9.85. The summed E-state index contributed by atoms with van der Waals surface area (Å²) >= 11 is 0.924. The topological polar surface area (TPSA) is 66.5 Å². The third-order valence-corrected chi connectivity index (χ3v) is 5.56. The summed E-state index contributed by atoms with van der Waals surface area (Å²) < 4.78 is 0. The summed E-state index contributed by atoms with van der Waals surface area (Å²) in [6.45, 7) is 4.06. The Morgan fingerprint density at radius 1 is 1.04 bits per heavy atom. The molecule has 3 rings (SSSR count). The van der Waals surface area contributed by atoms with Gasteiger partial charge in [-0.25, -0.2) is 0 Å². The van der Waals surface area contributed by atoms with Gasteiger partial charge in [-0.1, -0.05) is 60.7 Å². The Labute approximate surface area is 168 Å². The van der Waals surface area contributed by atoms with Crippen molar-refractivity contribution in [3.8, 4) is 0 Å². The fourth-order valence-corrected chi connectivity index (χ4v) is 3.75. The number of thioether (sulfide) groups is 1. The van der Waals surface area contributed by atoms with Gasteiger partial charge in [0, 0.05) is 13.1 Å². The van der Waals surface area contributed by atoms with Gasteiger partial charge in [-0.3, -0.25) is 19.3 Å². The normalized spacial score (nSPS) is 15.9. The van der Waals surface area contributed by atoms with Crippen LogP contribution in [0.4, 0.5) is 4.79 Å². The number of hydrogen-bond acceptors (Lipinski definition) is 4. The fraction of sp³-hybridized carbons (Fsp3) is 0.227. The van der Waals surface area contributed by atoms with Gasteiger partial charge in [0.2, 0.25) is 5.91 Å². The van der Waals surface area contributed by atoms with Crippen molar-refractivity contribution < 1.29 is 14.4 Å². The van der Waals surface area contributed by atoms with Crippen molar-refractivity contribution in [1.82, 2.24) is 10.2 Å². The largest absolute Gasteiger partial charge is 0.354 e. The molecule has 0 saturated carbocycles. The Morgan fingerprint density at radius 2 is 1.64 bits per heavy atom. The monoisotopic (exact) mass is 394 g/mol. The van der Waals surface area contributed by atoms with Crippen LogP contribution < -0.4 is 5.32 Å². The summed E-state index contributed by atoms with van der Waals surface area (Å²) in [5.41, 5.74) is 1.07. The van der Waals surface area contributed by atoms with E-state index < -0.39 is 5.41 Å². The van der Waals surface area contributed by atoms with E-state index in [0.29, 0.717) is 4.91 Å². The molecule has 144 valence electrons. The predicted octanol–water partition coefficient (Wildman–Crippen LogP) is 3.82. The first-order chi connectivity index (χ1) is 13.4. The highest BCUT2D eigenvalue weighted by Gasteiger charge is 2.35. The molecule has 6 heteroatoms. The van der Waals surface area contributed by atoms with Crippen LogP contribution in [0.1, 0.15) is 25.0 Å². The molecule has 1 fully saturated rings. The number of rotatable bonds is 6. The molecule has 3 amide bonds. The number of carbonyl (C=O) groups excluding carboxylic acids is 3. The van der Waals surface area contributed by atoms with Gasteiger partial charge in [0.1, 0.15) is 0 Å². The zero-order chi connectivity index (χ0) is 20.1. The Bertz CT molecular complexity index is 908. The van der Waals surface area contributed by atoms with Crippen LogP contribution in [0, 0.1) is 0 Å². The minimum atomic E-state index is -0.701. The number of nitrogens with zero attached hydrogens (tertiary/aromatic N) is 1. The average Bonchev–Trinajstić information content (AvgIpc) is 2.96. The van der Waals surface area contributed by atoms with Gasteiger partial charge in [0.05, 0.1) is 10.3 Å². The van der Waals surface area contributed by atoms with E-state index in [4.69, 9.17) is 0 Å². The van der Waals surface area contributed by atoms with Crippen LogP contribution in [0.5, 0.6) is 0 Å². The number of benzene rings is 2. The maximum atomic E-state index is 12.6. The van der Waals surface area contributed by atoms with Gasteiger partial charge in [0.15, 0.2) is 0 Å². The van der Waals surface area contributed by atoms with E-state index >= 15 is 0 Å². The molecule has 0 bridgehead atoms. The van der Waals surface area contributed by atoms with E-state index in [-0.39, 0.29) is 30.1 Å². The summed E-state index contributed by atoms with van der Waals surface area (Å²) in [6, 6.07) is 18.9. The number of imide groups is 1. The van der Waals surface area contributed by atoms with Gasteiger partial charge < -0.3 is 5.32 Å². The van der Waals surface area contributed by atoms with Gasteiger partial charge in [-0.05, 0) is 42.8 Å². The van der Waals surface area contributed by atoms with Crippen LogP contribution in [-0.2, 0) is 15.0 Å². The molecule has 28 heavy (non-hydrogen) atoms. The molecule has 0 atom stereocenters. The minimum Gasteiger partial charge on any atom is -0.354 e.